The summed E-state index contributed by atoms with van der Waals surface area (Å²) in [4.78, 5) is 44.2. The van der Waals surface area contributed by atoms with Gasteiger partial charge in [-0.1, -0.05) is 29.8 Å². The predicted octanol–water partition coefficient (Wildman–Crippen LogP) is 1.75. The number of nitrogens with one attached hydrogen (secondary N) is 1. The van der Waals surface area contributed by atoms with Gasteiger partial charge in [-0.3, -0.25) is 18.5 Å². The third-order valence-electron chi connectivity index (χ3n) is 6.15. The Labute approximate surface area is 197 Å². The van der Waals surface area contributed by atoms with Crippen molar-refractivity contribution < 1.29 is 9.53 Å². The Balaban J connectivity index is 1.66. The zero-order valence-electron chi connectivity index (χ0n) is 20.4. The number of imidazole rings is 1. The highest BCUT2D eigenvalue weighted by atomic mass is 16.5. The molecule has 0 aliphatic carbocycles. The van der Waals surface area contributed by atoms with Gasteiger partial charge in [0.2, 0.25) is 0 Å². The molecule has 10 nitrogen and oxygen atoms in total. The van der Waals surface area contributed by atoms with E-state index in [4.69, 9.17) is 4.74 Å². The molecule has 1 aliphatic heterocycles. The quantitative estimate of drug-likeness (QED) is 0.615. The first kappa shape index (κ1) is 23.6. The molecule has 1 fully saturated rings. The second-order valence-corrected chi connectivity index (χ2v) is 9.26. The average Bonchev–Trinajstić information content (AvgIpc) is 3.14. The molecule has 1 aliphatic rings. The molecule has 0 atom stereocenters. The molecule has 2 amide bonds. The van der Waals surface area contributed by atoms with E-state index in [9.17, 15) is 14.4 Å². The fraction of sp³-hybridized carbons (Fsp3) is 0.500. The first-order chi connectivity index (χ1) is 16.2. The topological polar surface area (TPSA) is 103 Å². The number of benzene rings is 1. The summed E-state index contributed by atoms with van der Waals surface area (Å²) in [5.41, 5.74) is 1.89. The van der Waals surface area contributed by atoms with E-state index >= 15 is 0 Å². The number of nitrogens with zero attached hydrogens (tertiary/aromatic N) is 5. The molecule has 1 saturated heterocycles. The molecule has 0 unspecified atom stereocenters. The lowest BCUT2D eigenvalue weighted by molar-refractivity contribution is 0.1000. The number of aryl methyl sites for hydroxylation is 2. The van der Waals surface area contributed by atoms with Crippen LogP contribution in [0.5, 0.6) is 6.01 Å². The van der Waals surface area contributed by atoms with Gasteiger partial charge < -0.3 is 15.0 Å². The maximum atomic E-state index is 13.1. The van der Waals surface area contributed by atoms with Crippen LogP contribution in [0.2, 0.25) is 0 Å². The summed E-state index contributed by atoms with van der Waals surface area (Å²) in [5.74, 6) is 0. The van der Waals surface area contributed by atoms with Gasteiger partial charge in [0.25, 0.3) is 11.6 Å². The molecule has 1 N–H and O–H groups in total. The highest BCUT2D eigenvalue weighted by Crippen LogP contribution is 2.24. The van der Waals surface area contributed by atoms with E-state index in [-0.39, 0.29) is 18.2 Å². The summed E-state index contributed by atoms with van der Waals surface area (Å²) in [6.07, 6.45) is 1.14. The summed E-state index contributed by atoms with van der Waals surface area (Å²) < 4.78 is 10.5. The largest absolute Gasteiger partial charge is 0.461 e. The van der Waals surface area contributed by atoms with Crippen LogP contribution in [0.15, 0.2) is 33.9 Å². The number of fused-ring (bicyclic) bond motifs is 1. The maximum Gasteiger partial charge on any atom is 0.332 e. The van der Waals surface area contributed by atoms with Crippen molar-refractivity contribution in [2.45, 2.75) is 52.3 Å². The minimum Gasteiger partial charge on any atom is -0.461 e. The number of rotatable bonds is 5. The molecule has 4 rings (SSSR count). The van der Waals surface area contributed by atoms with Crippen LogP contribution in [0.1, 0.15) is 37.8 Å². The average molecular weight is 469 g/mol. The molecule has 10 heteroatoms. The highest BCUT2D eigenvalue weighted by Gasteiger charge is 2.27. The molecule has 182 valence electrons. The zero-order chi connectivity index (χ0) is 24.6. The summed E-state index contributed by atoms with van der Waals surface area (Å²) in [6, 6.07) is 8.33. The monoisotopic (exact) mass is 468 g/mol. The lowest BCUT2D eigenvalue weighted by Crippen LogP contribution is -2.48. The van der Waals surface area contributed by atoms with Gasteiger partial charge in [-0.15, -0.1) is 0 Å². The molecular formula is C24H32N6O4. The van der Waals surface area contributed by atoms with Crippen molar-refractivity contribution in [3.63, 3.8) is 0 Å². The lowest BCUT2D eigenvalue weighted by atomic mass is 10.1. The van der Waals surface area contributed by atoms with E-state index < -0.39 is 11.2 Å². The normalized spacial score (nSPS) is 14.7. The second-order valence-electron chi connectivity index (χ2n) is 9.26. The number of carbonyl (C=O) groups excluding carboxylic acids is 1. The summed E-state index contributed by atoms with van der Waals surface area (Å²) in [6.45, 7) is 7.41. The van der Waals surface area contributed by atoms with Crippen LogP contribution < -0.4 is 21.3 Å². The molecule has 3 aromatic rings. The molecule has 34 heavy (non-hydrogen) atoms. The van der Waals surface area contributed by atoms with Crippen molar-refractivity contribution in [1.82, 2.24) is 28.9 Å². The van der Waals surface area contributed by atoms with Gasteiger partial charge in [0.05, 0.1) is 6.54 Å². The molecule has 0 bridgehead atoms. The Morgan fingerprint density at radius 2 is 1.88 bits per heavy atom. The van der Waals surface area contributed by atoms with Gasteiger partial charge in [0, 0.05) is 46.1 Å². The van der Waals surface area contributed by atoms with Crippen LogP contribution in [0.25, 0.3) is 11.2 Å². The Bertz CT molecular complexity index is 1330. The number of amides is 2. The smallest absolute Gasteiger partial charge is 0.332 e. The van der Waals surface area contributed by atoms with E-state index in [2.05, 4.69) is 10.3 Å². The first-order valence-electron chi connectivity index (χ1n) is 11.6. The van der Waals surface area contributed by atoms with Crippen LogP contribution in [-0.4, -0.2) is 54.9 Å². The molecule has 0 radical (unpaired) electrons. The summed E-state index contributed by atoms with van der Waals surface area (Å²) >= 11 is 0. The van der Waals surface area contributed by atoms with Crippen LogP contribution in [0, 0.1) is 6.92 Å². The fourth-order valence-electron chi connectivity index (χ4n) is 4.32. The van der Waals surface area contributed by atoms with Gasteiger partial charge in [-0.05, 0) is 26.3 Å². The van der Waals surface area contributed by atoms with Crippen molar-refractivity contribution in [2.24, 2.45) is 14.1 Å². The number of hydrogen-bond acceptors (Lipinski definition) is 5. The lowest BCUT2D eigenvalue weighted by Gasteiger charge is -2.32. The van der Waals surface area contributed by atoms with E-state index in [1.54, 1.807) is 16.5 Å². The third kappa shape index (κ3) is 4.57. The number of urea groups is 1. The molecule has 0 saturated carbocycles. The van der Waals surface area contributed by atoms with Crippen LogP contribution in [-0.2, 0) is 20.6 Å². The third-order valence-corrected chi connectivity index (χ3v) is 6.15. The number of hydrogen-bond donors (Lipinski definition) is 1. The van der Waals surface area contributed by atoms with Gasteiger partial charge in [0.1, 0.15) is 6.10 Å². The van der Waals surface area contributed by atoms with Crippen molar-refractivity contribution >= 4 is 17.2 Å². The maximum absolute atomic E-state index is 13.1. The molecule has 0 spiro atoms. The molecule has 1 aromatic carbocycles. The fourth-order valence-corrected chi connectivity index (χ4v) is 4.32. The predicted molar refractivity (Wildman–Crippen MR) is 129 cm³/mol. The molecule has 2 aromatic heterocycles. The van der Waals surface area contributed by atoms with Crippen molar-refractivity contribution in [3.05, 3.63) is 56.2 Å². The molecule has 3 heterocycles. The number of ether oxygens (including phenoxy) is 1. The number of likely N-dealkylation sites (tertiary alicyclic amines) is 1. The number of aromatic nitrogens is 4. The van der Waals surface area contributed by atoms with Crippen molar-refractivity contribution in [3.8, 4) is 6.01 Å². The van der Waals surface area contributed by atoms with Crippen LogP contribution >= 0.6 is 0 Å². The minimum atomic E-state index is -0.436. The van der Waals surface area contributed by atoms with Crippen molar-refractivity contribution in [1.29, 1.82) is 0 Å². The van der Waals surface area contributed by atoms with Crippen LogP contribution in [0.3, 0.4) is 0 Å². The minimum absolute atomic E-state index is 0.0707. The highest BCUT2D eigenvalue weighted by molar-refractivity contribution is 5.74. The van der Waals surface area contributed by atoms with Gasteiger partial charge in [-0.25, -0.2) is 9.59 Å². The van der Waals surface area contributed by atoms with E-state index in [1.165, 1.54) is 11.6 Å². The van der Waals surface area contributed by atoms with Gasteiger partial charge >= 0.3 is 11.7 Å². The Morgan fingerprint density at radius 1 is 1.18 bits per heavy atom. The molecular weight excluding hydrogens is 436 g/mol. The Hall–Kier alpha value is -3.56. The van der Waals surface area contributed by atoms with E-state index in [0.717, 1.165) is 15.7 Å². The first-order valence-corrected chi connectivity index (χ1v) is 11.6. The van der Waals surface area contributed by atoms with Gasteiger partial charge in [0.15, 0.2) is 11.2 Å². The van der Waals surface area contributed by atoms with E-state index in [0.29, 0.717) is 49.7 Å². The Morgan fingerprint density at radius 3 is 2.53 bits per heavy atom. The second kappa shape index (κ2) is 9.36. The number of piperidine rings is 1. The number of carbonyl (C=O) groups is 1. The van der Waals surface area contributed by atoms with E-state index in [1.807, 2.05) is 45.0 Å². The van der Waals surface area contributed by atoms with Crippen LogP contribution in [0.4, 0.5) is 4.79 Å². The Kier molecular flexibility index (Phi) is 6.49. The SMILES string of the molecule is Cc1cccc(Cn2c(OC3CCN(C(=O)NC(C)C)CC3)nc3c2c(=O)n(C)c(=O)n3C)c1. The zero-order valence-corrected chi connectivity index (χ0v) is 20.4. The summed E-state index contributed by atoms with van der Waals surface area (Å²) in [7, 11) is 3.07. The van der Waals surface area contributed by atoms with Gasteiger partial charge in [-0.2, -0.15) is 4.98 Å². The standard InChI is InChI=1S/C24H32N6O4/c1-15(2)25-22(32)29-11-9-18(10-12-29)34-23-26-20-19(21(31)28(5)24(33)27(20)4)30(23)14-17-8-6-7-16(3)13-17/h6-8,13,15,18H,9-12,14H2,1-5H3,(H,25,32). The summed E-state index contributed by atoms with van der Waals surface area (Å²) in [5, 5.41) is 2.92. The van der Waals surface area contributed by atoms with Crippen molar-refractivity contribution in [2.75, 3.05) is 13.1 Å².